The van der Waals surface area contributed by atoms with Gasteiger partial charge >= 0.3 is 0 Å². The topological polar surface area (TPSA) is 53.5 Å². The molecule has 2 aliphatic rings. The second kappa shape index (κ2) is 4.01. The van der Waals surface area contributed by atoms with Crippen LogP contribution in [0.3, 0.4) is 0 Å². The van der Waals surface area contributed by atoms with Crippen LogP contribution < -0.4 is 10.6 Å². The number of guanidine groups is 1. The molecule has 2 N–H and O–H groups in total. The van der Waals surface area contributed by atoms with Gasteiger partial charge in [0.05, 0.1) is 11.6 Å². The maximum Gasteiger partial charge on any atom is 0.257 e. The van der Waals surface area contributed by atoms with Gasteiger partial charge in [-0.25, -0.2) is 13.8 Å². The van der Waals surface area contributed by atoms with E-state index in [-0.39, 0.29) is 17.6 Å². The molecule has 1 saturated heterocycles. The fourth-order valence-corrected chi connectivity index (χ4v) is 2.16. The maximum absolute atomic E-state index is 13.8. The number of nitrogens with zero attached hydrogens (tertiary/aromatic N) is 1. The summed E-state index contributed by atoms with van der Waals surface area (Å²) in [7, 11) is 0. The van der Waals surface area contributed by atoms with Crippen LogP contribution in [-0.4, -0.2) is 17.9 Å². The Hall–Kier alpha value is -1.98. The molecule has 1 heterocycles. The smallest absolute Gasteiger partial charge is 0.257 e. The first-order valence-corrected chi connectivity index (χ1v) is 6.12. The van der Waals surface area contributed by atoms with E-state index in [1.165, 1.54) is 13.0 Å². The molecule has 3 rings (SSSR count). The zero-order valence-electron chi connectivity index (χ0n) is 10.3. The van der Waals surface area contributed by atoms with Crippen LogP contribution in [0.25, 0.3) is 0 Å². The molecule has 1 aromatic rings. The molecule has 19 heavy (non-hydrogen) atoms. The van der Waals surface area contributed by atoms with Crippen molar-refractivity contribution < 1.29 is 13.6 Å². The van der Waals surface area contributed by atoms with Gasteiger partial charge in [-0.2, -0.15) is 0 Å². The van der Waals surface area contributed by atoms with Crippen molar-refractivity contribution in [3.05, 3.63) is 35.4 Å². The minimum Gasteiger partial charge on any atom is -0.338 e. The second-order valence-corrected chi connectivity index (χ2v) is 5.01. The van der Waals surface area contributed by atoms with Crippen molar-refractivity contribution in [2.45, 2.75) is 31.3 Å². The molecule has 2 fully saturated rings. The Balaban J connectivity index is 2.00. The SMILES string of the molecule is CC1(c2c(F)cccc2F)NC(=NC2CC2)NC1=O. The number of halogens is 2. The predicted molar refractivity (Wildman–Crippen MR) is 65.4 cm³/mol. The number of benzene rings is 1. The third kappa shape index (κ3) is 1.97. The monoisotopic (exact) mass is 265 g/mol. The van der Waals surface area contributed by atoms with Crippen molar-refractivity contribution in [3.8, 4) is 0 Å². The van der Waals surface area contributed by atoms with Crippen molar-refractivity contribution in [1.29, 1.82) is 0 Å². The Morgan fingerprint density at radius 3 is 2.53 bits per heavy atom. The highest BCUT2D eigenvalue weighted by molar-refractivity contribution is 6.09. The zero-order valence-corrected chi connectivity index (χ0v) is 10.3. The molecule has 1 atom stereocenters. The van der Waals surface area contributed by atoms with Crippen LogP contribution in [0.2, 0.25) is 0 Å². The molecule has 0 bridgehead atoms. The van der Waals surface area contributed by atoms with Crippen molar-refractivity contribution in [2.24, 2.45) is 4.99 Å². The fraction of sp³-hybridized carbons (Fsp3) is 0.385. The van der Waals surface area contributed by atoms with Gasteiger partial charge in [-0.1, -0.05) is 6.07 Å². The summed E-state index contributed by atoms with van der Waals surface area (Å²) in [5, 5.41) is 5.33. The standard InChI is InChI=1S/C13H13F2N3O/c1-13(10-8(14)3-2-4-9(10)15)11(19)17-12(18-13)16-7-5-6-7/h2-4,7H,5-6H2,1H3,(H2,16,17,18,19). The Kier molecular flexibility index (Phi) is 2.55. The number of carbonyl (C=O) groups excluding carboxylic acids is 1. The van der Waals surface area contributed by atoms with Crippen molar-refractivity contribution in [2.75, 3.05) is 0 Å². The fourth-order valence-electron chi connectivity index (χ4n) is 2.16. The Morgan fingerprint density at radius 2 is 1.95 bits per heavy atom. The van der Waals surface area contributed by atoms with Crippen LogP contribution in [0.4, 0.5) is 8.78 Å². The first kappa shape index (κ1) is 12.1. The highest BCUT2D eigenvalue weighted by atomic mass is 19.1. The van der Waals surface area contributed by atoms with E-state index in [0.717, 1.165) is 25.0 Å². The van der Waals surface area contributed by atoms with Gasteiger partial charge in [-0.15, -0.1) is 0 Å². The number of rotatable bonds is 2. The van der Waals surface area contributed by atoms with Crippen LogP contribution in [-0.2, 0) is 10.3 Å². The van der Waals surface area contributed by atoms with Crippen LogP contribution in [0, 0.1) is 11.6 Å². The zero-order chi connectivity index (χ0) is 13.6. The van der Waals surface area contributed by atoms with Crippen molar-refractivity contribution in [3.63, 3.8) is 0 Å². The third-order valence-electron chi connectivity index (χ3n) is 3.38. The van der Waals surface area contributed by atoms with Gasteiger partial charge in [0.15, 0.2) is 5.96 Å². The molecule has 1 saturated carbocycles. The van der Waals surface area contributed by atoms with E-state index >= 15 is 0 Å². The number of aliphatic imine (C=N–C) groups is 1. The second-order valence-electron chi connectivity index (χ2n) is 5.01. The average molecular weight is 265 g/mol. The van der Waals surface area contributed by atoms with Gasteiger partial charge in [-0.05, 0) is 31.9 Å². The van der Waals surface area contributed by atoms with Gasteiger partial charge < -0.3 is 5.32 Å². The van der Waals surface area contributed by atoms with Crippen LogP contribution in [0.15, 0.2) is 23.2 Å². The number of nitrogens with one attached hydrogen (secondary N) is 2. The van der Waals surface area contributed by atoms with Crippen molar-refractivity contribution in [1.82, 2.24) is 10.6 Å². The molecule has 1 amide bonds. The summed E-state index contributed by atoms with van der Waals surface area (Å²) in [5.74, 6) is -1.72. The van der Waals surface area contributed by atoms with E-state index in [2.05, 4.69) is 15.6 Å². The third-order valence-corrected chi connectivity index (χ3v) is 3.38. The van der Waals surface area contributed by atoms with Crippen LogP contribution >= 0.6 is 0 Å². The quantitative estimate of drug-likeness (QED) is 0.849. The lowest BCUT2D eigenvalue weighted by atomic mass is 9.91. The lowest BCUT2D eigenvalue weighted by Gasteiger charge is -2.22. The van der Waals surface area contributed by atoms with Gasteiger partial charge in [0.2, 0.25) is 0 Å². The van der Waals surface area contributed by atoms with Crippen LogP contribution in [0.1, 0.15) is 25.3 Å². The molecule has 1 aromatic carbocycles. The summed E-state index contributed by atoms with van der Waals surface area (Å²) < 4.78 is 27.6. The average Bonchev–Trinajstić information content (AvgIpc) is 3.07. The van der Waals surface area contributed by atoms with Gasteiger partial charge in [0, 0.05) is 0 Å². The number of hydrogen-bond acceptors (Lipinski definition) is 2. The summed E-state index contributed by atoms with van der Waals surface area (Å²) in [6, 6.07) is 3.74. The van der Waals surface area contributed by atoms with E-state index in [0.29, 0.717) is 0 Å². The molecule has 1 aliphatic carbocycles. The molecule has 6 heteroatoms. The van der Waals surface area contributed by atoms with Gasteiger partial charge in [-0.3, -0.25) is 10.1 Å². The molecular formula is C13H13F2N3O. The Labute approximate surface area is 108 Å². The molecule has 0 radical (unpaired) electrons. The first-order valence-electron chi connectivity index (χ1n) is 6.12. The summed E-state index contributed by atoms with van der Waals surface area (Å²) in [6.07, 6.45) is 1.96. The van der Waals surface area contributed by atoms with E-state index in [4.69, 9.17) is 0 Å². The largest absolute Gasteiger partial charge is 0.338 e. The minimum absolute atomic E-state index is 0.204. The first-order chi connectivity index (χ1) is 9.00. The molecule has 0 aromatic heterocycles. The Bertz CT molecular complexity index is 563. The highest BCUT2D eigenvalue weighted by Crippen LogP contribution is 2.30. The number of hydrogen-bond donors (Lipinski definition) is 2. The molecule has 1 unspecified atom stereocenters. The molecule has 1 aliphatic heterocycles. The lowest BCUT2D eigenvalue weighted by molar-refractivity contribution is -0.123. The number of carbonyl (C=O) groups is 1. The van der Waals surface area contributed by atoms with Crippen molar-refractivity contribution >= 4 is 11.9 Å². The van der Waals surface area contributed by atoms with Gasteiger partial charge in [0.25, 0.3) is 5.91 Å². The van der Waals surface area contributed by atoms with Gasteiger partial charge in [0.1, 0.15) is 17.2 Å². The minimum atomic E-state index is -1.47. The summed E-state index contributed by atoms with van der Waals surface area (Å²) in [6.45, 7) is 1.44. The maximum atomic E-state index is 13.8. The lowest BCUT2D eigenvalue weighted by Crippen LogP contribution is -2.42. The highest BCUT2D eigenvalue weighted by Gasteiger charge is 2.46. The molecule has 0 spiro atoms. The summed E-state index contributed by atoms with van der Waals surface area (Å²) in [5.41, 5.74) is -1.75. The van der Waals surface area contributed by atoms with E-state index in [1.807, 2.05) is 0 Å². The predicted octanol–water partition coefficient (Wildman–Crippen LogP) is 1.42. The summed E-state index contributed by atoms with van der Waals surface area (Å²) >= 11 is 0. The van der Waals surface area contributed by atoms with E-state index in [1.54, 1.807) is 0 Å². The Morgan fingerprint density at radius 1 is 1.32 bits per heavy atom. The van der Waals surface area contributed by atoms with E-state index < -0.39 is 23.1 Å². The van der Waals surface area contributed by atoms with Crippen LogP contribution in [0.5, 0.6) is 0 Å². The molecule has 4 nitrogen and oxygen atoms in total. The number of amides is 1. The van der Waals surface area contributed by atoms with E-state index in [9.17, 15) is 13.6 Å². The molecular weight excluding hydrogens is 252 g/mol. The normalized spacial score (nSPS) is 28.4. The summed E-state index contributed by atoms with van der Waals surface area (Å²) in [4.78, 5) is 16.3. The molecule has 100 valence electrons.